The van der Waals surface area contributed by atoms with E-state index in [0.717, 1.165) is 37.8 Å². The van der Waals surface area contributed by atoms with E-state index < -0.39 is 32.7 Å². The quantitative estimate of drug-likeness (QED) is 0.804. The number of halogens is 1. The van der Waals surface area contributed by atoms with Gasteiger partial charge < -0.3 is 10.3 Å². The van der Waals surface area contributed by atoms with E-state index in [0.29, 0.717) is 5.82 Å². The van der Waals surface area contributed by atoms with Crippen LogP contribution in [0, 0.1) is 5.82 Å². The molecule has 3 rings (SSSR count). The molecule has 0 saturated heterocycles. The second kappa shape index (κ2) is 6.30. The average Bonchev–Trinajstić information content (AvgIpc) is 3.16. The maximum absolute atomic E-state index is 13.9. The van der Waals surface area contributed by atoms with Crippen LogP contribution in [0.1, 0.15) is 54.7 Å². The van der Waals surface area contributed by atoms with Crippen LogP contribution in [0.3, 0.4) is 0 Å². The van der Waals surface area contributed by atoms with Crippen LogP contribution in [0.2, 0.25) is 0 Å². The van der Waals surface area contributed by atoms with Gasteiger partial charge in [0.15, 0.2) is 21.4 Å². The molecular formula is C16H18FN3O4S. The van der Waals surface area contributed by atoms with Gasteiger partial charge in [0.05, 0.1) is 16.0 Å². The molecule has 0 atom stereocenters. The molecule has 134 valence electrons. The second-order valence-corrected chi connectivity index (χ2v) is 8.32. The summed E-state index contributed by atoms with van der Waals surface area (Å²) in [6.45, 7) is 1.21. The van der Waals surface area contributed by atoms with Crippen LogP contribution >= 0.6 is 0 Å². The number of benzene rings is 1. The number of hydrogen-bond acceptors (Lipinski definition) is 7. The van der Waals surface area contributed by atoms with E-state index in [1.54, 1.807) is 0 Å². The van der Waals surface area contributed by atoms with Crippen LogP contribution in [-0.2, 0) is 21.1 Å². The Labute approximate surface area is 144 Å². The summed E-state index contributed by atoms with van der Waals surface area (Å²) in [5.74, 6) is -1.72. The Kier molecular flexibility index (Phi) is 4.46. The van der Waals surface area contributed by atoms with Crippen molar-refractivity contribution in [2.75, 3.05) is 0 Å². The Morgan fingerprint density at radius 3 is 2.64 bits per heavy atom. The summed E-state index contributed by atoms with van der Waals surface area (Å²) in [5, 5.41) is 3.81. The van der Waals surface area contributed by atoms with E-state index in [1.165, 1.54) is 13.0 Å². The van der Waals surface area contributed by atoms with Gasteiger partial charge in [0, 0.05) is 0 Å². The van der Waals surface area contributed by atoms with Crippen LogP contribution in [0.15, 0.2) is 27.6 Å². The highest BCUT2D eigenvalue weighted by Gasteiger charge is 2.36. The summed E-state index contributed by atoms with van der Waals surface area (Å²) in [4.78, 5) is 15.1. The Morgan fingerprint density at radius 1 is 1.36 bits per heavy atom. The maximum Gasteiger partial charge on any atom is 0.242 e. The fourth-order valence-electron chi connectivity index (χ4n) is 2.97. The molecule has 1 aliphatic rings. The molecule has 2 N–H and O–H groups in total. The number of carbonyl (C=O) groups is 1. The minimum atomic E-state index is -3.90. The Morgan fingerprint density at radius 2 is 2.04 bits per heavy atom. The topological polar surface area (TPSA) is 116 Å². The summed E-state index contributed by atoms with van der Waals surface area (Å²) >= 11 is 0. The van der Waals surface area contributed by atoms with E-state index in [2.05, 4.69) is 10.1 Å². The predicted molar refractivity (Wildman–Crippen MR) is 85.9 cm³/mol. The Hall–Kier alpha value is -2.13. The van der Waals surface area contributed by atoms with Crippen LogP contribution in [0.4, 0.5) is 4.39 Å². The first kappa shape index (κ1) is 17.7. The number of Topliss-reactive ketones (excluding diaryl/α,β-unsaturated/α-hetero) is 1. The van der Waals surface area contributed by atoms with Crippen LogP contribution < -0.4 is 5.73 Å². The summed E-state index contributed by atoms with van der Waals surface area (Å²) < 4.78 is 43.8. The third-order valence-corrected chi connectivity index (χ3v) is 6.00. The lowest BCUT2D eigenvalue weighted by molar-refractivity contribution is 0.101. The highest BCUT2D eigenvalue weighted by atomic mass is 32.2. The smallest absolute Gasteiger partial charge is 0.242 e. The molecular weight excluding hydrogens is 349 g/mol. The molecule has 0 aliphatic heterocycles. The molecule has 0 bridgehead atoms. The first-order valence-electron chi connectivity index (χ1n) is 7.86. The molecule has 0 radical (unpaired) electrons. The highest BCUT2D eigenvalue weighted by molar-refractivity contribution is 7.90. The number of rotatable bonds is 5. The molecule has 1 heterocycles. The van der Waals surface area contributed by atoms with Crippen molar-refractivity contribution in [2.45, 2.75) is 48.8 Å². The maximum atomic E-state index is 13.9. The molecule has 1 saturated carbocycles. The third-order valence-electron chi connectivity index (χ3n) is 4.40. The van der Waals surface area contributed by atoms with Crippen molar-refractivity contribution < 1.29 is 22.1 Å². The monoisotopic (exact) mass is 367 g/mol. The average molecular weight is 367 g/mol. The van der Waals surface area contributed by atoms with Gasteiger partial charge in [-0.1, -0.05) is 18.0 Å². The number of sulfone groups is 1. The summed E-state index contributed by atoms with van der Waals surface area (Å²) in [6.07, 6.45) is 3.35. The van der Waals surface area contributed by atoms with Gasteiger partial charge in [-0.25, -0.2) is 12.8 Å². The van der Waals surface area contributed by atoms with Gasteiger partial charge in [-0.05, 0) is 38.0 Å². The SMILES string of the molecule is CC(=O)c1ccc(S(=O)(=O)Cc2nc(C3(N)CCCC3)no2)cc1F. The fourth-order valence-corrected chi connectivity index (χ4v) is 4.13. The Balaban J connectivity index is 1.84. The highest BCUT2D eigenvalue weighted by Crippen LogP contribution is 2.34. The zero-order valence-electron chi connectivity index (χ0n) is 13.7. The lowest BCUT2D eigenvalue weighted by Gasteiger charge is -2.17. The standard InChI is InChI=1S/C16H18FN3O4S/c1-10(21)12-5-4-11(8-13(12)17)25(22,23)9-14-19-15(20-24-14)16(18)6-2-3-7-16/h4-5,8H,2-3,6-7,9,18H2,1H3. The van der Waals surface area contributed by atoms with Gasteiger partial charge in [-0.3, -0.25) is 4.79 Å². The number of carbonyl (C=O) groups excluding carboxylic acids is 1. The molecule has 25 heavy (non-hydrogen) atoms. The van der Waals surface area contributed by atoms with E-state index >= 15 is 0 Å². The predicted octanol–water partition coefficient (Wildman–Crippen LogP) is 2.11. The van der Waals surface area contributed by atoms with Gasteiger partial charge in [0.25, 0.3) is 0 Å². The van der Waals surface area contributed by atoms with Crippen molar-refractivity contribution in [3.63, 3.8) is 0 Å². The fraction of sp³-hybridized carbons (Fsp3) is 0.438. The first-order valence-corrected chi connectivity index (χ1v) is 9.52. The summed E-state index contributed by atoms with van der Waals surface area (Å²) in [7, 11) is -3.90. The van der Waals surface area contributed by atoms with Crippen molar-refractivity contribution in [3.05, 3.63) is 41.3 Å². The number of aromatic nitrogens is 2. The molecule has 0 amide bonds. The number of hydrogen-bond donors (Lipinski definition) is 1. The summed E-state index contributed by atoms with van der Waals surface area (Å²) in [6, 6.07) is 3.16. The van der Waals surface area contributed by atoms with E-state index in [1.807, 2.05) is 0 Å². The molecule has 9 heteroatoms. The second-order valence-electron chi connectivity index (χ2n) is 6.33. The number of nitrogens with two attached hydrogens (primary N) is 1. The van der Waals surface area contributed by atoms with Gasteiger partial charge in [0.1, 0.15) is 11.6 Å². The Bertz CT molecular complexity index is 917. The summed E-state index contributed by atoms with van der Waals surface area (Å²) in [5.41, 5.74) is 5.38. The van der Waals surface area contributed by atoms with Gasteiger partial charge in [-0.15, -0.1) is 0 Å². The van der Waals surface area contributed by atoms with Crippen molar-refractivity contribution in [3.8, 4) is 0 Å². The minimum Gasteiger partial charge on any atom is -0.338 e. The zero-order valence-corrected chi connectivity index (χ0v) is 14.5. The molecule has 0 unspecified atom stereocenters. The van der Waals surface area contributed by atoms with E-state index in [4.69, 9.17) is 10.3 Å². The number of ketones is 1. The van der Waals surface area contributed by atoms with Crippen molar-refractivity contribution in [2.24, 2.45) is 5.73 Å². The zero-order chi connectivity index (χ0) is 18.2. The molecule has 7 nitrogen and oxygen atoms in total. The van der Waals surface area contributed by atoms with Crippen molar-refractivity contribution in [1.29, 1.82) is 0 Å². The largest absolute Gasteiger partial charge is 0.338 e. The van der Waals surface area contributed by atoms with E-state index in [-0.39, 0.29) is 16.3 Å². The normalized spacial score (nSPS) is 16.9. The minimum absolute atomic E-state index is 0.0947. The van der Waals surface area contributed by atoms with Gasteiger partial charge >= 0.3 is 0 Å². The van der Waals surface area contributed by atoms with Gasteiger partial charge in [-0.2, -0.15) is 4.98 Å². The van der Waals surface area contributed by atoms with Crippen LogP contribution in [0.25, 0.3) is 0 Å². The molecule has 2 aromatic rings. The molecule has 1 aromatic carbocycles. The number of nitrogens with zero attached hydrogens (tertiary/aromatic N) is 2. The van der Waals surface area contributed by atoms with E-state index in [9.17, 15) is 17.6 Å². The lowest BCUT2D eigenvalue weighted by Crippen LogP contribution is -2.34. The lowest BCUT2D eigenvalue weighted by atomic mass is 9.99. The van der Waals surface area contributed by atoms with Crippen LogP contribution in [0.5, 0.6) is 0 Å². The molecule has 1 aliphatic carbocycles. The first-order chi connectivity index (χ1) is 11.7. The van der Waals surface area contributed by atoms with Gasteiger partial charge in [0.2, 0.25) is 5.89 Å². The molecule has 1 aromatic heterocycles. The van der Waals surface area contributed by atoms with Crippen LogP contribution in [-0.4, -0.2) is 24.3 Å². The molecule has 0 spiro atoms. The molecule has 1 fully saturated rings. The third kappa shape index (κ3) is 3.47. The van der Waals surface area contributed by atoms with Crippen molar-refractivity contribution in [1.82, 2.24) is 10.1 Å². The van der Waals surface area contributed by atoms with Crippen molar-refractivity contribution >= 4 is 15.6 Å².